The third-order valence-corrected chi connectivity index (χ3v) is 5.36. The minimum absolute atomic E-state index is 0.0968. The van der Waals surface area contributed by atoms with Gasteiger partial charge in [-0.15, -0.1) is 0 Å². The number of hydrogen-bond donors (Lipinski definition) is 0. The van der Waals surface area contributed by atoms with Crippen LogP contribution in [-0.2, 0) is 17.8 Å². The van der Waals surface area contributed by atoms with Gasteiger partial charge in [-0.05, 0) is 37.1 Å². The molecule has 0 saturated carbocycles. The van der Waals surface area contributed by atoms with Crippen molar-refractivity contribution in [1.82, 2.24) is 14.9 Å². The maximum absolute atomic E-state index is 13.3. The summed E-state index contributed by atoms with van der Waals surface area (Å²) < 4.78 is 19.4. The summed E-state index contributed by atoms with van der Waals surface area (Å²) in [7, 11) is 0. The number of carbonyl (C=O) groups is 1. The summed E-state index contributed by atoms with van der Waals surface area (Å²) in [6.45, 7) is 8.69. The molecule has 29 heavy (non-hydrogen) atoms. The number of benzene rings is 1. The Morgan fingerprint density at radius 2 is 1.76 bits per heavy atom. The van der Waals surface area contributed by atoms with E-state index in [-0.39, 0.29) is 11.7 Å². The average Bonchev–Trinajstić information content (AvgIpc) is 3.23. The number of hydrogen-bond acceptors (Lipinski definition) is 5. The monoisotopic (exact) mass is 398 g/mol. The van der Waals surface area contributed by atoms with Gasteiger partial charge in [-0.3, -0.25) is 4.79 Å². The standard InChI is InChI=1S/C22H27FN4O2/c1-22(2,3)20(28)27-13-10-18-17(14-27)19(29-16-8-6-15(23)7-9-16)25-21(24-18)26-11-4-5-12-26/h6-9H,4-5,10-14H2,1-3H3. The first-order valence-electron chi connectivity index (χ1n) is 10.2. The summed E-state index contributed by atoms with van der Waals surface area (Å²) in [5, 5.41) is 0. The van der Waals surface area contributed by atoms with Gasteiger partial charge in [-0.25, -0.2) is 9.37 Å². The van der Waals surface area contributed by atoms with Crippen LogP contribution in [0, 0.1) is 11.2 Å². The van der Waals surface area contributed by atoms with Gasteiger partial charge in [0.15, 0.2) is 0 Å². The van der Waals surface area contributed by atoms with E-state index in [1.54, 1.807) is 12.1 Å². The van der Waals surface area contributed by atoms with Crippen LogP contribution in [0.3, 0.4) is 0 Å². The first-order chi connectivity index (χ1) is 13.8. The summed E-state index contributed by atoms with van der Waals surface area (Å²) in [5.41, 5.74) is 1.31. The summed E-state index contributed by atoms with van der Waals surface area (Å²) in [6.07, 6.45) is 2.92. The highest BCUT2D eigenvalue weighted by molar-refractivity contribution is 5.81. The molecule has 6 nitrogen and oxygen atoms in total. The molecule has 0 unspecified atom stereocenters. The topological polar surface area (TPSA) is 58.6 Å². The van der Waals surface area contributed by atoms with Crippen LogP contribution >= 0.6 is 0 Å². The van der Waals surface area contributed by atoms with E-state index in [1.165, 1.54) is 12.1 Å². The van der Waals surface area contributed by atoms with Crippen molar-refractivity contribution in [2.75, 3.05) is 24.5 Å². The van der Waals surface area contributed by atoms with Crippen molar-refractivity contribution in [3.05, 3.63) is 41.3 Å². The van der Waals surface area contributed by atoms with Crippen LogP contribution in [0.1, 0.15) is 44.9 Å². The predicted octanol–water partition coefficient (Wildman–Crippen LogP) is 3.94. The Morgan fingerprint density at radius 1 is 1.07 bits per heavy atom. The van der Waals surface area contributed by atoms with E-state index in [9.17, 15) is 9.18 Å². The van der Waals surface area contributed by atoms with Crippen LogP contribution in [0.15, 0.2) is 24.3 Å². The Morgan fingerprint density at radius 3 is 2.41 bits per heavy atom. The molecule has 1 aromatic carbocycles. The number of halogens is 1. The summed E-state index contributed by atoms with van der Waals surface area (Å²) >= 11 is 0. The van der Waals surface area contributed by atoms with Crippen molar-refractivity contribution >= 4 is 11.9 Å². The van der Waals surface area contributed by atoms with Crippen molar-refractivity contribution in [3.8, 4) is 11.6 Å². The van der Waals surface area contributed by atoms with Gasteiger partial charge in [0.05, 0.1) is 17.8 Å². The zero-order valence-corrected chi connectivity index (χ0v) is 17.2. The molecule has 1 fully saturated rings. The van der Waals surface area contributed by atoms with E-state index in [1.807, 2.05) is 25.7 Å². The SMILES string of the molecule is CC(C)(C)C(=O)N1CCc2nc(N3CCCC3)nc(Oc3ccc(F)cc3)c2C1. The highest BCUT2D eigenvalue weighted by Crippen LogP contribution is 2.33. The quantitative estimate of drug-likeness (QED) is 0.784. The number of ether oxygens (including phenoxy) is 1. The summed E-state index contributed by atoms with van der Waals surface area (Å²) in [4.78, 5) is 26.3. The normalized spacial score (nSPS) is 16.7. The van der Waals surface area contributed by atoms with Gasteiger partial charge in [0.25, 0.3) is 0 Å². The van der Waals surface area contributed by atoms with Gasteiger partial charge >= 0.3 is 0 Å². The lowest BCUT2D eigenvalue weighted by molar-refractivity contribution is -0.140. The van der Waals surface area contributed by atoms with Crippen LogP contribution < -0.4 is 9.64 Å². The lowest BCUT2D eigenvalue weighted by Gasteiger charge is -2.34. The molecule has 0 bridgehead atoms. The number of amides is 1. The lowest BCUT2D eigenvalue weighted by Crippen LogP contribution is -2.43. The van der Waals surface area contributed by atoms with Crippen molar-refractivity contribution in [3.63, 3.8) is 0 Å². The highest BCUT2D eigenvalue weighted by atomic mass is 19.1. The van der Waals surface area contributed by atoms with Crippen molar-refractivity contribution in [2.45, 2.75) is 46.6 Å². The molecule has 2 aliphatic heterocycles. The van der Waals surface area contributed by atoms with E-state index in [0.717, 1.165) is 37.2 Å². The highest BCUT2D eigenvalue weighted by Gasteiger charge is 2.33. The first kappa shape index (κ1) is 19.6. The Kier molecular flexibility index (Phi) is 5.15. The largest absolute Gasteiger partial charge is 0.438 e. The van der Waals surface area contributed by atoms with Crippen LogP contribution in [-0.4, -0.2) is 40.4 Å². The summed E-state index contributed by atoms with van der Waals surface area (Å²) in [6, 6.07) is 5.89. The Balaban J connectivity index is 1.69. The smallest absolute Gasteiger partial charge is 0.229 e. The minimum Gasteiger partial charge on any atom is -0.438 e. The Labute approximate surface area is 170 Å². The van der Waals surface area contributed by atoms with Crippen molar-refractivity contribution in [1.29, 1.82) is 0 Å². The molecule has 0 radical (unpaired) electrons. The van der Waals surface area contributed by atoms with Gasteiger partial charge in [0.1, 0.15) is 11.6 Å². The molecule has 4 rings (SSSR count). The first-order valence-corrected chi connectivity index (χ1v) is 10.2. The van der Waals surface area contributed by atoms with Crippen LogP contribution in [0.5, 0.6) is 11.6 Å². The predicted molar refractivity (Wildman–Crippen MR) is 109 cm³/mol. The third-order valence-electron chi connectivity index (χ3n) is 5.36. The van der Waals surface area contributed by atoms with Gasteiger partial charge in [-0.1, -0.05) is 20.8 Å². The van der Waals surface area contributed by atoms with E-state index in [0.29, 0.717) is 37.1 Å². The maximum Gasteiger partial charge on any atom is 0.229 e. The van der Waals surface area contributed by atoms with Crippen LogP contribution in [0.2, 0.25) is 0 Å². The molecule has 0 aliphatic carbocycles. The molecule has 7 heteroatoms. The van der Waals surface area contributed by atoms with Gasteiger partial charge in [-0.2, -0.15) is 4.98 Å². The molecule has 1 aromatic heterocycles. The van der Waals surface area contributed by atoms with Crippen molar-refractivity contribution in [2.24, 2.45) is 5.41 Å². The molecule has 0 atom stereocenters. The molecule has 0 spiro atoms. The van der Waals surface area contributed by atoms with Gasteiger partial charge in [0, 0.05) is 31.5 Å². The Hall–Kier alpha value is -2.70. The molecule has 3 heterocycles. The molecule has 2 aromatic rings. The fourth-order valence-electron chi connectivity index (χ4n) is 3.78. The number of nitrogens with zero attached hydrogens (tertiary/aromatic N) is 4. The third kappa shape index (κ3) is 4.18. The van der Waals surface area contributed by atoms with E-state index in [4.69, 9.17) is 14.7 Å². The lowest BCUT2D eigenvalue weighted by atomic mass is 9.93. The molecule has 0 N–H and O–H groups in total. The number of aromatic nitrogens is 2. The molecule has 2 aliphatic rings. The summed E-state index contributed by atoms with van der Waals surface area (Å²) in [5.74, 6) is 1.42. The van der Waals surface area contributed by atoms with E-state index >= 15 is 0 Å². The number of anilines is 1. The van der Waals surface area contributed by atoms with Gasteiger partial charge < -0.3 is 14.5 Å². The molecule has 1 saturated heterocycles. The Bertz CT molecular complexity index is 902. The van der Waals surface area contributed by atoms with Crippen LogP contribution in [0.4, 0.5) is 10.3 Å². The van der Waals surface area contributed by atoms with E-state index < -0.39 is 5.41 Å². The fraction of sp³-hybridized carbons (Fsp3) is 0.500. The molecular weight excluding hydrogens is 371 g/mol. The zero-order valence-electron chi connectivity index (χ0n) is 17.2. The second kappa shape index (κ2) is 7.61. The second-order valence-corrected chi connectivity index (χ2v) is 8.73. The van der Waals surface area contributed by atoms with Gasteiger partial charge in [0.2, 0.25) is 17.7 Å². The number of fused-ring (bicyclic) bond motifs is 1. The zero-order chi connectivity index (χ0) is 20.6. The molecule has 154 valence electrons. The molecule has 1 amide bonds. The number of rotatable bonds is 3. The minimum atomic E-state index is -0.453. The fourth-order valence-corrected chi connectivity index (χ4v) is 3.78. The maximum atomic E-state index is 13.3. The molecular formula is C22H27FN4O2. The number of carbonyl (C=O) groups excluding carboxylic acids is 1. The average molecular weight is 398 g/mol. The van der Waals surface area contributed by atoms with Crippen molar-refractivity contribution < 1.29 is 13.9 Å². The second-order valence-electron chi connectivity index (χ2n) is 8.73. The van der Waals surface area contributed by atoms with Crippen LogP contribution in [0.25, 0.3) is 0 Å². The van der Waals surface area contributed by atoms with E-state index in [2.05, 4.69) is 4.90 Å².